The molecule has 2 aromatic rings. The van der Waals surface area contributed by atoms with Gasteiger partial charge in [-0.1, -0.05) is 12.1 Å². The molecule has 3 N–H and O–H groups in total. The molecule has 0 aromatic heterocycles. The molecule has 1 saturated heterocycles. The van der Waals surface area contributed by atoms with E-state index in [1.165, 1.54) is 43.4 Å². The highest BCUT2D eigenvalue weighted by atomic mass is 32.2. The zero-order valence-electron chi connectivity index (χ0n) is 17.1. The molecule has 1 aliphatic heterocycles. The first-order valence-electron chi connectivity index (χ1n) is 9.59. The van der Waals surface area contributed by atoms with Crippen LogP contribution in [0.15, 0.2) is 53.4 Å². The number of hydrogen-bond donors (Lipinski definition) is 3. The van der Waals surface area contributed by atoms with Gasteiger partial charge in [-0.05, 0) is 49.4 Å². The number of hydrogen-bond acceptors (Lipinski definition) is 7. The lowest BCUT2D eigenvalue weighted by Gasteiger charge is -2.28. The second-order valence-electron chi connectivity index (χ2n) is 7.37. The number of benzene rings is 2. The van der Waals surface area contributed by atoms with E-state index in [0.29, 0.717) is 18.7 Å². The van der Waals surface area contributed by atoms with Gasteiger partial charge in [-0.25, -0.2) is 16.8 Å². The summed E-state index contributed by atoms with van der Waals surface area (Å²) < 4.78 is 50.4. The van der Waals surface area contributed by atoms with E-state index >= 15 is 0 Å². The van der Waals surface area contributed by atoms with Crippen molar-refractivity contribution >= 4 is 37.1 Å². The Hall–Kier alpha value is -2.47. The van der Waals surface area contributed by atoms with Crippen LogP contribution in [0.4, 0.5) is 11.4 Å². The maximum Gasteiger partial charge on any atom is 0.257 e. The molecular formula is C20H25N3O6S2. The van der Waals surface area contributed by atoms with Gasteiger partial charge >= 0.3 is 0 Å². The minimum absolute atomic E-state index is 0.0636. The second kappa shape index (κ2) is 8.95. The zero-order valence-corrected chi connectivity index (χ0v) is 18.8. The maximum absolute atomic E-state index is 12.8. The molecule has 168 valence electrons. The number of carbonyl (C=O) groups is 1. The summed E-state index contributed by atoms with van der Waals surface area (Å²) in [6.07, 6.45) is 0.369. The van der Waals surface area contributed by atoms with E-state index in [2.05, 4.69) is 10.6 Å². The third kappa shape index (κ3) is 5.06. The monoisotopic (exact) mass is 467 g/mol. The number of nitrogens with one attached hydrogen (secondary N) is 2. The highest BCUT2D eigenvalue weighted by Crippen LogP contribution is 2.25. The third-order valence-corrected chi connectivity index (χ3v) is 8.68. The van der Waals surface area contributed by atoms with Crippen LogP contribution in [0.3, 0.4) is 0 Å². The Balaban J connectivity index is 1.80. The van der Waals surface area contributed by atoms with Crippen LogP contribution in [0.25, 0.3) is 0 Å². The van der Waals surface area contributed by atoms with Crippen LogP contribution >= 0.6 is 0 Å². The highest BCUT2D eigenvalue weighted by molar-refractivity contribution is 7.92. The van der Waals surface area contributed by atoms with Gasteiger partial charge in [0, 0.05) is 19.3 Å². The lowest BCUT2D eigenvalue weighted by Crippen LogP contribution is -2.47. The van der Waals surface area contributed by atoms with Gasteiger partial charge in [0.2, 0.25) is 10.0 Å². The molecule has 1 heterocycles. The zero-order chi connectivity index (χ0) is 22.8. The van der Waals surface area contributed by atoms with E-state index in [0.717, 1.165) is 10.6 Å². The number of carbonyl (C=O) groups excluding carboxylic acids is 1. The Morgan fingerprint density at radius 3 is 2.35 bits per heavy atom. The number of piperidine rings is 1. The van der Waals surface area contributed by atoms with E-state index < -0.39 is 37.1 Å². The van der Waals surface area contributed by atoms with E-state index in [1.54, 1.807) is 12.1 Å². The number of sulfonamides is 1. The average Bonchev–Trinajstić information content (AvgIpc) is 2.73. The van der Waals surface area contributed by atoms with Crippen molar-refractivity contribution in [2.45, 2.75) is 22.7 Å². The second-order valence-corrected chi connectivity index (χ2v) is 11.6. The molecule has 1 fully saturated rings. The highest BCUT2D eigenvalue weighted by Gasteiger charge is 2.35. The topological polar surface area (TPSA) is 133 Å². The largest absolute Gasteiger partial charge is 0.390 e. The summed E-state index contributed by atoms with van der Waals surface area (Å²) >= 11 is 0. The summed E-state index contributed by atoms with van der Waals surface area (Å²) in [6.45, 7) is 0.732. The molecule has 2 atom stereocenters. The van der Waals surface area contributed by atoms with Crippen LogP contribution in [0.1, 0.15) is 16.8 Å². The number of rotatable bonds is 6. The van der Waals surface area contributed by atoms with Crippen LogP contribution < -0.4 is 14.9 Å². The van der Waals surface area contributed by atoms with Gasteiger partial charge in [0.1, 0.15) is 0 Å². The third-order valence-electron chi connectivity index (χ3n) is 5.21. The number of β-amino-alcohol motifs (C(OH)–C–C–N with tert-alkyl or cyclic N) is 1. The fourth-order valence-corrected chi connectivity index (χ4v) is 5.72. The molecule has 1 aliphatic rings. The molecule has 0 aliphatic carbocycles. The summed E-state index contributed by atoms with van der Waals surface area (Å²) in [6, 6.07) is 12.0. The van der Waals surface area contributed by atoms with Crippen molar-refractivity contribution in [3.63, 3.8) is 0 Å². The quantitative estimate of drug-likeness (QED) is 0.573. The van der Waals surface area contributed by atoms with Gasteiger partial charge in [0.05, 0.1) is 33.8 Å². The number of aliphatic hydroxyl groups is 1. The summed E-state index contributed by atoms with van der Waals surface area (Å²) in [5.74, 6) is -0.532. The van der Waals surface area contributed by atoms with E-state index in [1.807, 2.05) is 0 Å². The molecule has 11 heteroatoms. The van der Waals surface area contributed by atoms with Crippen molar-refractivity contribution in [1.29, 1.82) is 0 Å². The lowest BCUT2D eigenvalue weighted by molar-refractivity contribution is 0.102. The number of sulfone groups is 1. The predicted molar refractivity (Wildman–Crippen MR) is 119 cm³/mol. The number of aliphatic hydroxyl groups excluding tert-OH is 1. The van der Waals surface area contributed by atoms with Gasteiger partial charge in [-0.3, -0.25) is 9.10 Å². The molecule has 2 aromatic carbocycles. The van der Waals surface area contributed by atoms with E-state index in [-0.39, 0.29) is 22.7 Å². The number of amides is 1. The minimum atomic E-state index is -3.72. The molecule has 31 heavy (non-hydrogen) atoms. The summed E-state index contributed by atoms with van der Waals surface area (Å²) in [5.41, 5.74) is 0.734. The van der Waals surface area contributed by atoms with Gasteiger partial charge in [0.25, 0.3) is 5.91 Å². The van der Waals surface area contributed by atoms with Crippen LogP contribution in [-0.4, -0.2) is 65.6 Å². The summed E-state index contributed by atoms with van der Waals surface area (Å²) in [5, 5.41) is 14.8. The molecule has 0 unspecified atom stereocenters. The number of anilines is 2. The summed E-state index contributed by atoms with van der Waals surface area (Å²) in [7, 11) is -5.92. The van der Waals surface area contributed by atoms with Crippen molar-refractivity contribution in [2.75, 3.05) is 36.0 Å². The molecule has 0 saturated carbocycles. The van der Waals surface area contributed by atoms with Crippen molar-refractivity contribution < 1.29 is 26.7 Å². The molecule has 0 radical (unpaired) electrons. The first-order chi connectivity index (χ1) is 14.5. The van der Waals surface area contributed by atoms with Crippen molar-refractivity contribution in [2.24, 2.45) is 0 Å². The molecule has 0 spiro atoms. The molecule has 1 amide bonds. The van der Waals surface area contributed by atoms with Crippen molar-refractivity contribution in [3.05, 3.63) is 54.1 Å². The Bertz CT molecular complexity index is 1160. The van der Waals surface area contributed by atoms with E-state index in [4.69, 9.17) is 0 Å². The van der Waals surface area contributed by atoms with Gasteiger partial charge in [-0.2, -0.15) is 0 Å². The summed E-state index contributed by atoms with van der Waals surface area (Å²) in [4.78, 5) is 12.8. The van der Waals surface area contributed by atoms with Gasteiger partial charge < -0.3 is 15.7 Å². The first-order valence-corrected chi connectivity index (χ1v) is 13.0. The first kappa shape index (κ1) is 23.2. The SMILES string of the molecule is CN(c1ccccc1C(=O)Nc1ccc(S(=O)(=O)[C@@H]2CCNC[C@H]2O)cc1)S(C)(=O)=O. The molecular weight excluding hydrogens is 442 g/mol. The van der Waals surface area contributed by atoms with Crippen LogP contribution in [0.2, 0.25) is 0 Å². The smallest absolute Gasteiger partial charge is 0.257 e. The number of para-hydroxylation sites is 1. The average molecular weight is 468 g/mol. The predicted octanol–water partition coefficient (Wildman–Crippen LogP) is 0.831. The van der Waals surface area contributed by atoms with Crippen LogP contribution in [0.5, 0.6) is 0 Å². The van der Waals surface area contributed by atoms with Gasteiger partial charge in [-0.15, -0.1) is 0 Å². The molecule has 9 nitrogen and oxygen atoms in total. The Labute approximate surface area is 182 Å². The number of nitrogens with zero attached hydrogens (tertiary/aromatic N) is 1. The molecule has 3 rings (SSSR count). The van der Waals surface area contributed by atoms with Gasteiger partial charge in [0.15, 0.2) is 9.84 Å². The Morgan fingerprint density at radius 2 is 1.74 bits per heavy atom. The van der Waals surface area contributed by atoms with Crippen molar-refractivity contribution in [1.82, 2.24) is 5.32 Å². The van der Waals surface area contributed by atoms with Crippen LogP contribution in [0, 0.1) is 0 Å². The standard InChI is InChI=1S/C20H25N3O6S2/c1-23(30(2,26)27)17-6-4-3-5-16(17)20(25)22-14-7-9-15(10-8-14)31(28,29)19-11-12-21-13-18(19)24/h3-10,18-19,21,24H,11-13H2,1-2H3,(H,22,25)/t18-,19-/m1/s1. The van der Waals surface area contributed by atoms with Crippen LogP contribution in [-0.2, 0) is 19.9 Å². The van der Waals surface area contributed by atoms with E-state index in [9.17, 15) is 26.7 Å². The van der Waals surface area contributed by atoms with Crippen molar-refractivity contribution in [3.8, 4) is 0 Å². The maximum atomic E-state index is 12.8. The fraction of sp³-hybridized carbons (Fsp3) is 0.350. The lowest BCUT2D eigenvalue weighted by atomic mass is 10.1. The molecule has 0 bridgehead atoms. The Kier molecular flexibility index (Phi) is 6.70. The normalized spacial score (nSPS) is 19.6. The Morgan fingerprint density at radius 1 is 1.10 bits per heavy atom. The minimum Gasteiger partial charge on any atom is -0.390 e. The fourth-order valence-electron chi connectivity index (χ4n) is 3.40.